The molecule has 3 heterocycles. The number of amides is 1. The van der Waals surface area contributed by atoms with Crippen molar-refractivity contribution in [1.82, 2.24) is 14.5 Å². The lowest BCUT2D eigenvalue weighted by Gasteiger charge is -2.16. The normalized spacial score (nSPS) is 13.1. The number of hydrogen-bond donors (Lipinski definition) is 0. The van der Waals surface area contributed by atoms with Gasteiger partial charge in [0.1, 0.15) is 0 Å². The Bertz CT molecular complexity index is 1490. The molecule has 0 N–H and O–H groups in total. The molecule has 0 fully saturated rings. The van der Waals surface area contributed by atoms with Gasteiger partial charge in [-0.2, -0.15) is 0 Å². The largest absolute Gasteiger partial charge is 0.308 e. The third-order valence-corrected chi connectivity index (χ3v) is 6.09. The lowest BCUT2D eigenvalue weighted by atomic mass is 10.0. The number of anilines is 1. The molecular formula is C25H17ClN4O. The van der Waals surface area contributed by atoms with Gasteiger partial charge in [-0.15, -0.1) is 0 Å². The number of hydrogen-bond acceptors (Lipinski definition) is 3. The van der Waals surface area contributed by atoms with Gasteiger partial charge in [-0.25, -0.2) is 9.97 Å². The zero-order chi connectivity index (χ0) is 20.9. The molecule has 1 amide bonds. The Morgan fingerprint density at radius 2 is 1.58 bits per heavy atom. The van der Waals surface area contributed by atoms with Crippen molar-refractivity contribution in [2.75, 3.05) is 11.4 Å². The van der Waals surface area contributed by atoms with Crippen molar-refractivity contribution in [2.45, 2.75) is 6.54 Å². The van der Waals surface area contributed by atoms with Gasteiger partial charge in [-0.3, -0.25) is 9.69 Å². The van der Waals surface area contributed by atoms with Crippen LogP contribution in [0.4, 0.5) is 5.95 Å². The Kier molecular flexibility index (Phi) is 4.04. The number of pyridine rings is 1. The number of carbonyl (C=O) groups excluding carboxylic acids is 1. The zero-order valence-electron chi connectivity index (χ0n) is 16.5. The summed E-state index contributed by atoms with van der Waals surface area (Å²) in [7, 11) is 0. The maximum atomic E-state index is 13.8. The summed E-state index contributed by atoms with van der Waals surface area (Å²) in [4.78, 5) is 25.0. The average molecular weight is 425 g/mol. The van der Waals surface area contributed by atoms with Gasteiger partial charge in [0.2, 0.25) is 5.95 Å². The third-order valence-electron chi connectivity index (χ3n) is 5.76. The number of halogens is 1. The summed E-state index contributed by atoms with van der Waals surface area (Å²) in [5.74, 6) is 0.604. The smallest absolute Gasteiger partial charge is 0.261 e. The first kappa shape index (κ1) is 18.1. The molecule has 6 heteroatoms. The Morgan fingerprint density at radius 3 is 2.45 bits per heavy atom. The topological polar surface area (TPSA) is 51.0 Å². The van der Waals surface area contributed by atoms with E-state index in [0.717, 1.165) is 34.0 Å². The predicted molar refractivity (Wildman–Crippen MR) is 124 cm³/mol. The number of carbonyl (C=O) groups is 1. The van der Waals surface area contributed by atoms with E-state index >= 15 is 0 Å². The van der Waals surface area contributed by atoms with Gasteiger partial charge in [0.05, 0.1) is 27.8 Å². The van der Waals surface area contributed by atoms with Crippen LogP contribution in [0.15, 0.2) is 78.9 Å². The zero-order valence-corrected chi connectivity index (χ0v) is 17.3. The van der Waals surface area contributed by atoms with Gasteiger partial charge in [-0.05, 0) is 30.3 Å². The van der Waals surface area contributed by atoms with E-state index in [9.17, 15) is 4.79 Å². The van der Waals surface area contributed by atoms with E-state index in [1.54, 1.807) is 4.90 Å². The van der Waals surface area contributed by atoms with Crippen molar-refractivity contribution in [3.8, 4) is 11.3 Å². The Balaban J connectivity index is 1.52. The number of aromatic nitrogens is 3. The number of para-hydroxylation sites is 3. The SMILES string of the molecule is O=C(c1cc(-c2ccccc2Cl)nc2ccccc12)N1CCn2c1nc1ccccc12. The number of nitrogens with zero attached hydrogens (tertiary/aromatic N) is 4. The molecule has 31 heavy (non-hydrogen) atoms. The van der Waals surface area contributed by atoms with Crippen LogP contribution in [0.1, 0.15) is 10.4 Å². The molecule has 150 valence electrons. The van der Waals surface area contributed by atoms with Crippen molar-refractivity contribution < 1.29 is 4.79 Å². The fourth-order valence-corrected chi connectivity index (χ4v) is 4.52. The highest BCUT2D eigenvalue weighted by molar-refractivity contribution is 6.33. The minimum Gasteiger partial charge on any atom is -0.308 e. The van der Waals surface area contributed by atoms with Crippen LogP contribution in [-0.2, 0) is 6.54 Å². The Hall–Kier alpha value is -3.70. The van der Waals surface area contributed by atoms with Crippen LogP contribution in [0.5, 0.6) is 0 Å². The summed E-state index contributed by atoms with van der Waals surface area (Å²) in [6.07, 6.45) is 0. The maximum Gasteiger partial charge on any atom is 0.261 e. The van der Waals surface area contributed by atoms with Gasteiger partial charge in [-0.1, -0.05) is 60.1 Å². The average Bonchev–Trinajstić information content (AvgIpc) is 3.37. The Labute approximate surface area is 183 Å². The summed E-state index contributed by atoms with van der Waals surface area (Å²) in [5, 5.41) is 1.42. The quantitative estimate of drug-likeness (QED) is 0.372. The summed E-state index contributed by atoms with van der Waals surface area (Å²) in [6.45, 7) is 1.31. The second-order valence-corrected chi connectivity index (χ2v) is 7.97. The molecule has 0 atom stereocenters. The van der Waals surface area contributed by atoms with Gasteiger partial charge in [0.25, 0.3) is 5.91 Å². The van der Waals surface area contributed by atoms with Crippen molar-refractivity contribution in [1.29, 1.82) is 0 Å². The molecule has 2 aromatic heterocycles. The first-order chi connectivity index (χ1) is 15.2. The molecule has 0 saturated carbocycles. The number of fused-ring (bicyclic) bond motifs is 4. The molecular weight excluding hydrogens is 408 g/mol. The molecule has 0 spiro atoms. The monoisotopic (exact) mass is 424 g/mol. The van der Waals surface area contributed by atoms with Crippen LogP contribution in [0.2, 0.25) is 5.02 Å². The van der Waals surface area contributed by atoms with E-state index < -0.39 is 0 Å². The van der Waals surface area contributed by atoms with E-state index in [4.69, 9.17) is 21.6 Å². The number of imidazole rings is 1. The first-order valence-electron chi connectivity index (χ1n) is 10.1. The molecule has 0 aliphatic carbocycles. The maximum absolute atomic E-state index is 13.8. The highest BCUT2D eigenvalue weighted by Gasteiger charge is 2.30. The highest BCUT2D eigenvalue weighted by atomic mass is 35.5. The molecule has 0 unspecified atom stereocenters. The summed E-state index contributed by atoms with van der Waals surface area (Å²) >= 11 is 6.43. The fraction of sp³-hybridized carbons (Fsp3) is 0.0800. The summed E-state index contributed by atoms with van der Waals surface area (Å²) in [6, 6.07) is 25.1. The van der Waals surface area contributed by atoms with Gasteiger partial charge < -0.3 is 4.57 Å². The van der Waals surface area contributed by atoms with Crippen molar-refractivity contribution in [2.24, 2.45) is 0 Å². The third kappa shape index (κ3) is 2.81. The highest BCUT2D eigenvalue weighted by Crippen LogP contribution is 2.33. The molecule has 0 radical (unpaired) electrons. The second kappa shape index (κ2) is 6.93. The lowest BCUT2D eigenvalue weighted by molar-refractivity contribution is 0.0990. The van der Waals surface area contributed by atoms with Crippen molar-refractivity contribution in [3.05, 3.63) is 89.4 Å². The van der Waals surface area contributed by atoms with Crippen molar-refractivity contribution >= 4 is 45.4 Å². The minimum atomic E-state index is -0.0824. The van der Waals surface area contributed by atoms with Crippen LogP contribution in [-0.4, -0.2) is 27.0 Å². The lowest BCUT2D eigenvalue weighted by Crippen LogP contribution is -2.29. The van der Waals surface area contributed by atoms with E-state index in [1.807, 2.05) is 78.9 Å². The Morgan fingerprint density at radius 1 is 0.839 bits per heavy atom. The summed E-state index contributed by atoms with van der Waals surface area (Å²) in [5.41, 5.74) is 4.78. The van der Waals surface area contributed by atoms with Crippen LogP contribution in [0.3, 0.4) is 0 Å². The number of rotatable bonds is 2. The van der Waals surface area contributed by atoms with E-state index in [0.29, 0.717) is 28.8 Å². The van der Waals surface area contributed by atoms with E-state index in [2.05, 4.69) is 4.57 Å². The standard InChI is InChI=1S/C25H17ClN4O/c26-19-9-3-1-8-17(19)22-15-18(16-7-2-4-10-20(16)27-22)24(31)30-14-13-29-23-12-6-5-11-21(23)28-25(29)30/h1-12,15H,13-14H2. The first-order valence-corrected chi connectivity index (χ1v) is 10.5. The van der Waals surface area contributed by atoms with E-state index in [1.165, 1.54) is 0 Å². The molecule has 0 saturated heterocycles. The summed E-state index contributed by atoms with van der Waals surface area (Å²) < 4.78 is 2.10. The molecule has 5 nitrogen and oxygen atoms in total. The minimum absolute atomic E-state index is 0.0824. The van der Waals surface area contributed by atoms with Crippen LogP contribution < -0.4 is 4.90 Å². The number of benzene rings is 3. The molecule has 1 aliphatic heterocycles. The molecule has 6 rings (SSSR count). The second-order valence-electron chi connectivity index (χ2n) is 7.56. The molecule has 5 aromatic rings. The van der Waals surface area contributed by atoms with Gasteiger partial charge in [0, 0.05) is 29.1 Å². The van der Waals surface area contributed by atoms with Crippen molar-refractivity contribution in [3.63, 3.8) is 0 Å². The predicted octanol–water partition coefficient (Wildman–Crippen LogP) is 5.57. The molecule has 1 aliphatic rings. The fourth-order valence-electron chi connectivity index (χ4n) is 4.29. The molecule has 3 aromatic carbocycles. The van der Waals surface area contributed by atoms with Crippen LogP contribution in [0.25, 0.3) is 33.2 Å². The van der Waals surface area contributed by atoms with Crippen LogP contribution >= 0.6 is 11.6 Å². The van der Waals surface area contributed by atoms with Gasteiger partial charge >= 0.3 is 0 Å². The van der Waals surface area contributed by atoms with E-state index in [-0.39, 0.29) is 5.91 Å². The van der Waals surface area contributed by atoms with Crippen LogP contribution in [0, 0.1) is 0 Å². The molecule has 0 bridgehead atoms. The van der Waals surface area contributed by atoms with Gasteiger partial charge in [0.15, 0.2) is 0 Å².